The van der Waals surface area contributed by atoms with Crippen LogP contribution in [0.25, 0.3) is 0 Å². The summed E-state index contributed by atoms with van der Waals surface area (Å²) in [6.45, 7) is 0. The second-order valence-corrected chi connectivity index (χ2v) is 3.10. The maximum atomic E-state index is 11.7. The van der Waals surface area contributed by atoms with Gasteiger partial charge in [-0.2, -0.15) is 4.68 Å². The molecule has 5 heteroatoms. The average molecular weight is 208 g/mol. The Labute approximate surface area is 85.1 Å². The average Bonchev–Trinajstić information content (AvgIpc) is 2.69. The zero-order valence-electron chi connectivity index (χ0n) is 7.09. The molecule has 0 atom stereocenters. The van der Waals surface area contributed by atoms with Gasteiger partial charge in [0.15, 0.2) is 0 Å². The molecule has 0 N–H and O–H groups in total. The van der Waals surface area contributed by atoms with Crippen molar-refractivity contribution in [2.75, 3.05) is 0 Å². The van der Waals surface area contributed by atoms with Crippen molar-refractivity contribution in [3.8, 4) is 0 Å². The maximum Gasteiger partial charge on any atom is 0.279 e. The molecule has 0 aliphatic heterocycles. The Morgan fingerprint density at radius 1 is 1.43 bits per heavy atom. The Kier molecular flexibility index (Phi) is 2.28. The third-order valence-corrected chi connectivity index (χ3v) is 1.94. The van der Waals surface area contributed by atoms with Crippen molar-refractivity contribution in [1.82, 2.24) is 15.0 Å². The van der Waals surface area contributed by atoms with Crippen molar-refractivity contribution >= 4 is 17.5 Å². The minimum absolute atomic E-state index is 0.245. The van der Waals surface area contributed by atoms with Crippen LogP contribution < -0.4 is 0 Å². The van der Waals surface area contributed by atoms with Gasteiger partial charge in [-0.15, -0.1) is 5.10 Å². The molecule has 0 saturated carbocycles. The fourth-order valence-electron chi connectivity index (χ4n) is 1.07. The zero-order valence-corrected chi connectivity index (χ0v) is 7.85. The molecule has 70 valence electrons. The van der Waals surface area contributed by atoms with Gasteiger partial charge in [-0.3, -0.25) is 4.79 Å². The molecule has 0 spiro atoms. The lowest BCUT2D eigenvalue weighted by molar-refractivity contribution is 0.0943. The molecule has 2 rings (SSSR count). The van der Waals surface area contributed by atoms with Gasteiger partial charge in [0.25, 0.3) is 5.91 Å². The summed E-state index contributed by atoms with van der Waals surface area (Å²) in [6, 6.07) is 6.69. The van der Waals surface area contributed by atoms with Crippen LogP contribution in [-0.2, 0) is 0 Å². The highest BCUT2D eigenvalue weighted by molar-refractivity contribution is 6.30. The lowest BCUT2D eigenvalue weighted by atomic mass is 10.2. The highest BCUT2D eigenvalue weighted by atomic mass is 35.5. The van der Waals surface area contributed by atoms with Crippen molar-refractivity contribution < 1.29 is 4.79 Å². The summed E-state index contributed by atoms with van der Waals surface area (Å²) < 4.78 is 1.16. The molecular formula is C9H6ClN3O. The van der Waals surface area contributed by atoms with Crippen molar-refractivity contribution in [2.45, 2.75) is 0 Å². The molecule has 0 amide bonds. The van der Waals surface area contributed by atoms with Crippen LogP contribution in [0.15, 0.2) is 36.7 Å². The Bertz CT molecular complexity index is 453. The molecule has 0 unspecified atom stereocenters. The van der Waals surface area contributed by atoms with E-state index in [9.17, 15) is 4.79 Å². The smallest absolute Gasteiger partial charge is 0.267 e. The van der Waals surface area contributed by atoms with Crippen molar-refractivity contribution in [1.29, 1.82) is 0 Å². The Balaban J connectivity index is 2.37. The van der Waals surface area contributed by atoms with E-state index >= 15 is 0 Å². The van der Waals surface area contributed by atoms with Crippen LogP contribution in [0.1, 0.15) is 10.4 Å². The summed E-state index contributed by atoms with van der Waals surface area (Å²) in [5.41, 5.74) is 0.489. The molecule has 1 heterocycles. The molecule has 0 fully saturated rings. The summed E-state index contributed by atoms with van der Waals surface area (Å²) in [4.78, 5) is 11.7. The van der Waals surface area contributed by atoms with Crippen LogP contribution in [0, 0.1) is 0 Å². The number of hydrogen-bond acceptors (Lipinski definition) is 3. The normalized spacial score (nSPS) is 10.1. The molecule has 0 saturated heterocycles. The number of nitrogens with zero attached hydrogens (tertiary/aromatic N) is 3. The van der Waals surface area contributed by atoms with Gasteiger partial charge < -0.3 is 0 Å². The topological polar surface area (TPSA) is 47.8 Å². The van der Waals surface area contributed by atoms with Gasteiger partial charge in [0.2, 0.25) is 0 Å². The van der Waals surface area contributed by atoms with E-state index < -0.39 is 0 Å². The first-order valence-corrected chi connectivity index (χ1v) is 4.32. The molecule has 1 aromatic carbocycles. The summed E-state index contributed by atoms with van der Waals surface area (Å²) in [5, 5.41) is 7.67. The molecular weight excluding hydrogens is 202 g/mol. The van der Waals surface area contributed by atoms with Crippen molar-refractivity contribution in [3.63, 3.8) is 0 Å². The Morgan fingerprint density at radius 3 is 2.93 bits per heavy atom. The van der Waals surface area contributed by atoms with Crippen LogP contribution in [0.4, 0.5) is 0 Å². The van der Waals surface area contributed by atoms with Crippen LogP contribution >= 0.6 is 11.6 Å². The third-order valence-electron chi connectivity index (χ3n) is 1.70. The molecule has 1 aromatic heterocycles. The Hall–Kier alpha value is -1.68. The largest absolute Gasteiger partial charge is 0.279 e. The predicted molar refractivity (Wildman–Crippen MR) is 51.2 cm³/mol. The Morgan fingerprint density at radius 2 is 2.29 bits per heavy atom. The van der Waals surface area contributed by atoms with E-state index in [1.54, 1.807) is 24.3 Å². The molecule has 0 radical (unpaired) electrons. The van der Waals surface area contributed by atoms with Crippen LogP contribution in [0.5, 0.6) is 0 Å². The predicted octanol–water partition coefficient (Wildman–Crippen LogP) is 1.62. The third kappa shape index (κ3) is 1.65. The van der Waals surface area contributed by atoms with Crippen molar-refractivity contribution in [2.24, 2.45) is 0 Å². The van der Waals surface area contributed by atoms with E-state index in [0.29, 0.717) is 10.6 Å². The number of carbonyl (C=O) groups is 1. The molecule has 0 aliphatic rings. The SMILES string of the molecule is O=C(c1cccc(Cl)c1)n1ccnn1. The summed E-state index contributed by atoms with van der Waals surface area (Å²) in [5.74, 6) is -0.245. The number of benzene rings is 1. The number of hydrogen-bond donors (Lipinski definition) is 0. The van der Waals surface area contributed by atoms with E-state index in [2.05, 4.69) is 10.3 Å². The summed E-state index contributed by atoms with van der Waals surface area (Å²) in [7, 11) is 0. The van der Waals surface area contributed by atoms with Gasteiger partial charge >= 0.3 is 0 Å². The number of carbonyl (C=O) groups excluding carboxylic acids is 1. The summed E-state index contributed by atoms with van der Waals surface area (Å²) >= 11 is 5.75. The fourth-order valence-corrected chi connectivity index (χ4v) is 1.26. The minimum atomic E-state index is -0.245. The van der Waals surface area contributed by atoms with Gasteiger partial charge in [0.05, 0.1) is 12.4 Å². The van der Waals surface area contributed by atoms with Gasteiger partial charge in [-0.05, 0) is 18.2 Å². The highest BCUT2D eigenvalue weighted by Gasteiger charge is 2.08. The monoisotopic (exact) mass is 207 g/mol. The van der Waals surface area contributed by atoms with E-state index in [1.165, 1.54) is 12.4 Å². The standard InChI is InChI=1S/C9H6ClN3O/c10-8-3-1-2-7(6-8)9(14)13-5-4-11-12-13/h1-6H. The molecule has 4 nitrogen and oxygen atoms in total. The highest BCUT2D eigenvalue weighted by Crippen LogP contribution is 2.11. The minimum Gasteiger partial charge on any atom is -0.267 e. The fraction of sp³-hybridized carbons (Fsp3) is 0. The van der Waals surface area contributed by atoms with E-state index in [4.69, 9.17) is 11.6 Å². The second-order valence-electron chi connectivity index (χ2n) is 2.66. The van der Waals surface area contributed by atoms with Gasteiger partial charge in [0.1, 0.15) is 0 Å². The van der Waals surface area contributed by atoms with Crippen LogP contribution in [0.3, 0.4) is 0 Å². The number of halogens is 1. The quantitative estimate of drug-likeness (QED) is 0.714. The molecule has 0 bridgehead atoms. The van der Waals surface area contributed by atoms with Gasteiger partial charge in [-0.1, -0.05) is 22.9 Å². The molecule has 2 aromatic rings. The number of rotatable bonds is 1. The van der Waals surface area contributed by atoms with Crippen LogP contribution in [-0.4, -0.2) is 20.9 Å². The lowest BCUT2D eigenvalue weighted by Crippen LogP contribution is -2.12. The van der Waals surface area contributed by atoms with Crippen LogP contribution in [0.2, 0.25) is 5.02 Å². The maximum absolute atomic E-state index is 11.7. The van der Waals surface area contributed by atoms with E-state index in [-0.39, 0.29) is 5.91 Å². The lowest BCUT2D eigenvalue weighted by Gasteiger charge is -1.99. The van der Waals surface area contributed by atoms with Crippen molar-refractivity contribution in [3.05, 3.63) is 47.2 Å². The first-order chi connectivity index (χ1) is 6.77. The molecule has 0 aliphatic carbocycles. The second kappa shape index (κ2) is 3.59. The number of aromatic nitrogens is 3. The summed E-state index contributed by atoms with van der Waals surface area (Å²) in [6.07, 6.45) is 2.94. The van der Waals surface area contributed by atoms with E-state index in [0.717, 1.165) is 4.68 Å². The van der Waals surface area contributed by atoms with E-state index in [1.807, 2.05) is 0 Å². The molecule has 14 heavy (non-hydrogen) atoms. The first kappa shape index (κ1) is 8.90. The van der Waals surface area contributed by atoms with Gasteiger partial charge in [0, 0.05) is 10.6 Å². The van der Waals surface area contributed by atoms with Gasteiger partial charge in [-0.25, -0.2) is 0 Å². The first-order valence-electron chi connectivity index (χ1n) is 3.94. The zero-order chi connectivity index (χ0) is 9.97.